The molecule has 7 heteroatoms. The number of carbonyl (C=O) groups is 2. The van der Waals surface area contributed by atoms with Crippen LogP contribution in [0.5, 0.6) is 5.75 Å². The molecule has 1 aliphatic heterocycles. The minimum absolute atomic E-state index is 0.0715. The predicted molar refractivity (Wildman–Crippen MR) is 97.1 cm³/mol. The molecule has 0 N–H and O–H groups in total. The van der Waals surface area contributed by atoms with Crippen molar-refractivity contribution >= 4 is 35.0 Å². The molecular weight excluding hydrogens is 363 g/mol. The van der Waals surface area contributed by atoms with Crippen LogP contribution in [0.15, 0.2) is 18.2 Å². The highest BCUT2D eigenvalue weighted by molar-refractivity contribution is 6.35. The van der Waals surface area contributed by atoms with Crippen LogP contribution in [0.1, 0.15) is 25.7 Å². The van der Waals surface area contributed by atoms with E-state index in [1.165, 1.54) is 0 Å². The van der Waals surface area contributed by atoms with E-state index in [1.54, 1.807) is 23.1 Å². The molecule has 2 amide bonds. The molecule has 25 heavy (non-hydrogen) atoms. The molecule has 3 rings (SSSR count). The topological polar surface area (TPSA) is 49.9 Å². The Bertz CT molecular complexity index is 639. The Morgan fingerprint density at radius 1 is 1.04 bits per heavy atom. The second-order valence-corrected chi connectivity index (χ2v) is 7.39. The summed E-state index contributed by atoms with van der Waals surface area (Å²) in [6.07, 6.45) is 4.32. The maximum Gasteiger partial charge on any atom is 0.260 e. The van der Waals surface area contributed by atoms with Gasteiger partial charge in [-0.05, 0) is 31.0 Å². The van der Waals surface area contributed by atoms with Crippen molar-refractivity contribution in [3.8, 4) is 5.75 Å². The first-order valence-electron chi connectivity index (χ1n) is 8.69. The summed E-state index contributed by atoms with van der Waals surface area (Å²) in [5.41, 5.74) is 0. The number of rotatable bonds is 4. The van der Waals surface area contributed by atoms with Crippen molar-refractivity contribution < 1.29 is 14.3 Å². The Kier molecular flexibility index (Phi) is 6.07. The van der Waals surface area contributed by atoms with Crippen LogP contribution in [0.2, 0.25) is 10.0 Å². The number of amides is 2. The van der Waals surface area contributed by atoms with Gasteiger partial charge in [0.25, 0.3) is 5.91 Å². The highest BCUT2D eigenvalue weighted by atomic mass is 35.5. The molecule has 1 aromatic rings. The van der Waals surface area contributed by atoms with E-state index < -0.39 is 0 Å². The zero-order chi connectivity index (χ0) is 17.8. The van der Waals surface area contributed by atoms with Gasteiger partial charge in [-0.1, -0.05) is 36.0 Å². The fourth-order valence-electron chi connectivity index (χ4n) is 3.43. The summed E-state index contributed by atoms with van der Waals surface area (Å²) in [4.78, 5) is 28.4. The maximum absolute atomic E-state index is 12.4. The molecule has 1 aromatic carbocycles. The van der Waals surface area contributed by atoms with E-state index in [2.05, 4.69) is 0 Å². The molecule has 1 aliphatic carbocycles. The quantitative estimate of drug-likeness (QED) is 0.800. The lowest BCUT2D eigenvalue weighted by atomic mass is 10.1. The van der Waals surface area contributed by atoms with Crippen molar-refractivity contribution in [3.05, 3.63) is 28.2 Å². The fourth-order valence-corrected chi connectivity index (χ4v) is 3.89. The van der Waals surface area contributed by atoms with Crippen LogP contribution in [0.4, 0.5) is 0 Å². The van der Waals surface area contributed by atoms with Crippen molar-refractivity contribution in [2.45, 2.75) is 25.7 Å². The van der Waals surface area contributed by atoms with E-state index in [0.717, 1.165) is 25.7 Å². The van der Waals surface area contributed by atoms with E-state index in [9.17, 15) is 9.59 Å². The van der Waals surface area contributed by atoms with Crippen LogP contribution in [0.3, 0.4) is 0 Å². The number of halogens is 2. The zero-order valence-corrected chi connectivity index (χ0v) is 15.6. The average molecular weight is 385 g/mol. The maximum atomic E-state index is 12.4. The number of benzene rings is 1. The number of hydrogen-bond donors (Lipinski definition) is 0. The third-order valence-electron chi connectivity index (χ3n) is 4.89. The zero-order valence-electron chi connectivity index (χ0n) is 14.0. The van der Waals surface area contributed by atoms with E-state index in [0.29, 0.717) is 42.0 Å². The van der Waals surface area contributed by atoms with Gasteiger partial charge in [-0.25, -0.2) is 0 Å². The normalized spacial score (nSPS) is 18.5. The first-order chi connectivity index (χ1) is 12.0. The Morgan fingerprint density at radius 3 is 2.32 bits per heavy atom. The summed E-state index contributed by atoms with van der Waals surface area (Å²) in [5, 5.41) is 0.902. The predicted octanol–water partition coefficient (Wildman–Crippen LogP) is 3.23. The molecule has 0 unspecified atom stereocenters. The third kappa shape index (κ3) is 4.59. The molecule has 0 radical (unpaired) electrons. The van der Waals surface area contributed by atoms with Gasteiger partial charge in [-0.3, -0.25) is 9.59 Å². The van der Waals surface area contributed by atoms with E-state index in [1.807, 2.05) is 4.90 Å². The minimum Gasteiger partial charge on any atom is -0.482 e. The number of hydrogen-bond acceptors (Lipinski definition) is 3. The van der Waals surface area contributed by atoms with Gasteiger partial charge in [0, 0.05) is 37.1 Å². The first-order valence-corrected chi connectivity index (χ1v) is 9.44. The number of piperazine rings is 1. The van der Waals surface area contributed by atoms with Crippen LogP contribution in [0, 0.1) is 5.92 Å². The van der Waals surface area contributed by atoms with Crippen molar-refractivity contribution in [2.75, 3.05) is 32.8 Å². The Balaban J connectivity index is 1.45. The lowest BCUT2D eigenvalue weighted by Crippen LogP contribution is -2.52. The van der Waals surface area contributed by atoms with Gasteiger partial charge in [-0.2, -0.15) is 0 Å². The van der Waals surface area contributed by atoms with Crippen LogP contribution in [0.25, 0.3) is 0 Å². The molecule has 1 heterocycles. The molecular formula is C18H22Cl2N2O3. The molecule has 5 nitrogen and oxygen atoms in total. The molecule has 2 aliphatic rings. The fraction of sp³-hybridized carbons (Fsp3) is 0.556. The second kappa shape index (κ2) is 8.28. The number of ether oxygens (including phenoxy) is 1. The van der Waals surface area contributed by atoms with Crippen LogP contribution >= 0.6 is 23.2 Å². The summed E-state index contributed by atoms with van der Waals surface area (Å²) in [5.74, 6) is 0.792. The highest BCUT2D eigenvalue weighted by Gasteiger charge is 2.30. The van der Waals surface area contributed by atoms with Gasteiger partial charge in [0.15, 0.2) is 6.61 Å². The van der Waals surface area contributed by atoms with Gasteiger partial charge >= 0.3 is 0 Å². The average Bonchev–Trinajstić information content (AvgIpc) is 3.15. The summed E-state index contributed by atoms with van der Waals surface area (Å²) >= 11 is 11.9. The number of carbonyl (C=O) groups excluding carboxylic acids is 2. The highest BCUT2D eigenvalue weighted by Crippen LogP contribution is 2.28. The Labute approximate surface area is 157 Å². The van der Waals surface area contributed by atoms with Gasteiger partial charge < -0.3 is 14.5 Å². The van der Waals surface area contributed by atoms with Crippen molar-refractivity contribution in [3.63, 3.8) is 0 Å². The molecule has 1 saturated heterocycles. The smallest absolute Gasteiger partial charge is 0.260 e. The number of nitrogens with zero attached hydrogens (tertiary/aromatic N) is 2. The minimum atomic E-state index is -0.0982. The molecule has 2 fully saturated rings. The van der Waals surface area contributed by atoms with Crippen molar-refractivity contribution in [2.24, 2.45) is 5.92 Å². The van der Waals surface area contributed by atoms with E-state index in [-0.39, 0.29) is 24.3 Å². The molecule has 0 aromatic heterocycles. The summed E-state index contributed by atoms with van der Waals surface area (Å²) in [7, 11) is 0. The lowest BCUT2D eigenvalue weighted by molar-refractivity contribution is -0.142. The lowest BCUT2D eigenvalue weighted by Gasteiger charge is -2.36. The molecule has 1 saturated carbocycles. The van der Waals surface area contributed by atoms with Crippen LogP contribution in [-0.2, 0) is 9.59 Å². The standard InChI is InChI=1S/C18H22Cl2N2O3/c19-14-5-6-16(15(20)11-14)25-12-17(23)21-7-9-22(10-8-21)18(24)13-3-1-2-4-13/h5-6,11,13H,1-4,7-10,12H2. The largest absolute Gasteiger partial charge is 0.482 e. The third-order valence-corrected chi connectivity index (χ3v) is 5.42. The van der Waals surface area contributed by atoms with Gasteiger partial charge in [0.05, 0.1) is 5.02 Å². The van der Waals surface area contributed by atoms with Crippen LogP contribution < -0.4 is 4.74 Å². The molecule has 0 bridgehead atoms. The monoisotopic (exact) mass is 384 g/mol. The SMILES string of the molecule is O=C(COc1ccc(Cl)cc1Cl)N1CCN(C(=O)C2CCCC2)CC1. The molecule has 136 valence electrons. The van der Waals surface area contributed by atoms with Crippen LogP contribution in [-0.4, -0.2) is 54.4 Å². The molecule has 0 spiro atoms. The van der Waals surface area contributed by atoms with E-state index >= 15 is 0 Å². The van der Waals surface area contributed by atoms with Gasteiger partial charge in [0.1, 0.15) is 5.75 Å². The van der Waals surface area contributed by atoms with Crippen molar-refractivity contribution in [1.82, 2.24) is 9.80 Å². The Hall–Kier alpha value is -1.46. The van der Waals surface area contributed by atoms with Crippen molar-refractivity contribution in [1.29, 1.82) is 0 Å². The van der Waals surface area contributed by atoms with Gasteiger partial charge in [-0.15, -0.1) is 0 Å². The first kappa shape index (κ1) is 18.3. The van der Waals surface area contributed by atoms with Gasteiger partial charge in [0.2, 0.25) is 5.91 Å². The van der Waals surface area contributed by atoms with E-state index in [4.69, 9.17) is 27.9 Å². The second-order valence-electron chi connectivity index (χ2n) is 6.55. The summed E-state index contributed by atoms with van der Waals surface area (Å²) in [6.45, 7) is 2.23. The summed E-state index contributed by atoms with van der Waals surface area (Å²) in [6, 6.07) is 4.90. The molecule has 0 atom stereocenters. The summed E-state index contributed by atoms with van der Waals surface area (Å²) < 4.78 is 5.50. The Morgan fingerprint density at radius 2 is 1.68 bits per heavy atom.